The summed E-state index contributed by atoms with van der Waals surface area (Å²) in [5.74, 6) is 1.99. The van der Waals surface area contributed by atoms with Crippen molar-refractivity contribution >= 4 is 5.91 Å². The lowest BCUT2D eigenvalue weighted by molar-refractivity contribution is -0.122. The summed E-state index contributed by atoms with van der Waals surface area (Å²) in [5.41, 5.74) is 0. The summed E-state index contributed by atoms with van der Waals surface area (Å²) in [5, 5.41) is 6.17. The Hall–Kier alpha value is -1.36. The summed E-state index contributed by atoms with van der Waals surface area (Å²) < 4.78 is 5.44. The zero-order valence-electron chi connectivity index (χ0n) is 10.9. The Labute approximate surface area is 107 Å². The Balaban J connectivity index is 1.70. The highest BCUT2D eigenvalue weighted by molar-refractivity contribution is 5.76. The molecule has 0 spiro atoms. The quantitative estimate of drug-likeness (QED) is 0.826. The van der Waals surface area contributed by atoms with Gasteiger partial charge in [0.1, 0.15) is 5.76 Å². The summed E-state index contributed by atoms with van der Waals surface area (Å²) in [7, 11) is 0. The van der Waals surface area contributed by atoms with E-state index >= 15 is 0 Å². The van der Waals surface area contributed by atoms with E-state index in [9.17, 15) is 4.79 Å². The van der Waals surface area contributed by atoms with Crippen molar-refractivity contribution in [2.24, 2.45) is 5.92 Å². The number of nitrogens with one attached hydrogen (secondary N) is 2. The maximum absolute atomic E-state index is 11.8. The number of piperidine rings is 1. The van der Waals surface area contributed by atoms with Gasteiger partial charge in [-0.2, -0.15) is 0 Å². The summed E-state index contributed by atoms with van der Waals surface area (Å²) in [6, 6.07) is 0. The van der Waals surface area contributed by atoms with Gasteiger partial charge in [0.2, 0.25) is 11.8 Å². The number of nitrogens with zero attached hydrogens (tertiary/aromatic N) is 1. The molecule has 1 aliphatic rings. The van der Waals surface area contributed by atoms with E-state index in [1.807, 2.05) is 6.92 Å². The molecule has 0 bridgehead atoms. The summed E-state index contributed by atoms with van der Waals surface area (Å²) in [6.45, 7) is 4.43. The normalized spacial score (nSPS) is 19.7. The first-order valence-electron chi connectivity index (χ1n) is 6.69. The average molecular weight is 251 g/mol. The maximum atomic E-state index is 11.8. The minimum Gasteiger partial charge on any atom is -0.444 e. The lowest BCUT2D eigenvalue weighted by Gasteiger charge is -2.21. The summed E-state index contributed by atoms with van der Waals surface area (Å²) in [4.78, 5) is 15.9. The van der Waals surface area contributed by atoms with Crippen LogP contribution >= 0.6 is 0 Å². The molecule has 0 saturated carbocycles. The summed E-state index contributed by atoms with van der Waals surface area (Å²) in [6.07, 6.45) is 5.44. The molecule has 5 nitrogen and oxygen atoms in total. The fourth-order valence-electron chi connectivity index (χ4n) is 2.20. The van der Waals surface area contributed by atoms with Gasteiger partial charge >= 0.3 is 0 Å². The van der Waals surface area contributed by atoms with E-state index in [-0.39, 0.29) is 5.91 Å². The third-order valence-electron chi connectivity index (χ3n) is 3.26. The highest BCUT2D eigenvalue weighted by Crippen LogP contribution is 2.13. The van der Waals surface area contributed by atoms with Crippen molar-refractivity contribution in [2.45, 2.75) is 39.2 Å². The van der Waals surface area contributed by atoms with E-state index in [4.69, 9.17) is 4.42 Å². The van der Waals surface area contributed by atoms with E-state index in [0.717, 1.165) is 38.1 Å². The van der Waals surface area contributed by atoms with Crippen LogP contribution in [0.25, 0.3) is 0 Å². The van der Waals surface area contributed by atoms with Crippen LogP contribution in [0, 0.1) is 5.92 Å². The molecule has 0 aromatic carbocycles. The van der Waals surface area contributed by atoms with E-state index < -0.39 is 0 Å². The Morgan fingerprint density at radius 1 is 1.67 bits per heavy atom. The van der Waals surface area contributed by atoms with Crippen molar-refractivity contribution in [3.05, 3.63) is 17.8 Å². The molecule has 2 heterocycles. The van der Waals surface area contributed by atoms with Crippen LogP contribution in [0.3, 0.4) is 0 Å². The second kappa shape index (κ2) is 6.54. The van der Waals surface area contributed by atoms with Crippen molar-refractivity contribution in [1.29, 1.82) is 0 Å². The zero-order valence-corrected chi connectivity index (χ0v) is 10.9. The van der Waals surface area contributed by atoms with Gasteiger partial charge in [-0.25, -0.2) is 4.98 Å². The second-order valence-electron chi connectivity index (χ2n) is 4.77. The molecule has 1 aromatic heterocycles. The molecule has 1 aliphatic heterocycles. The third-order valence-corrected chi connectivity index (χ3v) is 3.26. The number of rotatable bonds is 5. The highest BCUT2D eigenvalue weighted by Gasteiger charge is 2.16. The SMILES string of the molecule is CCc1cnc(CNC(=O)CC2CCCNC2)o1. The van der Waals surface area contributed by atoms with Crippen LogP contribution in [0.2, 0.25) is 0 Å². The Morgan fingerprint density at radius 2 is 2.56 bits per heavy atom. The molecule has 0 aliphatic carbocycles. The number of hydrogen-bond donors (Lipinski definition) is 2. The average Bonchev–Trinajstić information content (AvgIpc) is 2.85. The van der Waals surface area contributed by atoms with Crippen LogP contribution in [0.4, 0.5) is 0 Å². The molecule has 100 valence electrons. The minimum absolute atomic E-state index is 0.0833. The molecule has 5 heteroatoms. The van der Waals surface area contributed by atoms with E-state index in [0.29, 0.717) is 24.8 Å². The van der Waals surface area contributed by atoms with Gasteiger partial charge in [0, 0.05) is 12.8 Å². The monoisotopic (exact) mass is 251 g/mol. The van der Waals surface area contributed by atoms with Gasteiger partial charge in [-0.15, -0.1) is 0 Å². The molecule has 1 amide bonds. The third kappa shape index (κ3) is 3.84. The first-order valence-corrected chi connectivity index (χ1v) is 6.69. The first kappa shape index (κ1) is 13.1. The Kier molecular flexibility index (Phi) is 4.75. The number of oxazole rings is 1. The maximum Gasteiger partial charge on any atom is 0.220 e. The van der Waals surface area contributed by atoms with Crippen LogP contribution < -0.4 is 10.6 Å². The van der Waals surface area contributed by atoms with E-state index in [2.05, 4.69) is 15.6 Å². The number of carbonyl (C=O) groups excluding carboxylic acids is 1. The van der Waals surface area contributed by atoms with Crippen LogP contribution in [-0.2, 0) is 17.8 Å². The fourth-order valence-corrected chi connectivity index (χ4v) is 2.20. The highest BCUT2D eigenvalue weighted by atomic mass is 16.4. The predicted octanol–water partition coefficient (Wildman–Crippen LogP) is 1.24. The molecule has 1 atom stereocenters. The largest absolute Gasteiger partial charge is 0.444 e. The molecular weight excluding hydrogens is 230 g/mol. The number of hydrogen-bond acceptors (Lipinski definition) is 4. The van der Waals surface area contributed by atoms with Crippen molar-refractivity contribution in [1.82, 2.24) is 15.6 Å². The van der Waals surface area contributed by atoms with Gasteiger partial charge in [0.05, 0.1) is 12.7 Å². The van der Waals surface area contributed by atoms with E-state index in [1.54, 1.807) is 6.20 Å². The van der Waals surface area contributed by atoms with E-state index in [1.165, 1.54) is 0 Å². The smallest absolute Gasteiger partial charge is 0.220 e. The van der Waals surface area contributed by atoms with Gasteiger partial charge in [0.15, 0.2) is 0 Å². The molecule has 1 aromatic rings. The predicted molar refractivity (Wildman–Crippen MR) is 67.9 cm³/mol. The fraction of sp³-hybridized carbons (Fsp3) is 0.692. The molecule has 2 rings (SSSR count). The second-order valence-corrected chi connectivity index (χ2v) is 4.77. The zero-order chi connectivity index (χ0) is 12.8. The van der Waals surface area contributed by atoms with Crippen LogP contribution in [0.5, 0.6) is 0 Å². The first-order chi connectivity index (χ1) is 8.78. The molecule has 18 heavy (non-hydrogen) atoms. The lowest BCUT2D eigenvalue weighted by Crippen LogP contribution is -2.34. The molecule has 2 N–H and O–H groups in total. The molecule has 1 unspecified atom stereocenters. The number of aryl methyl sites for hydroxylation is 1. The van der Waals surface area contributed by atoms with Crippen molar-refractivity contribution in [3.8, 4) is 0 Å². The van der Waals surface area contributed by atoms with Gasteiger partial charge in [0.25, 0.3) is 0 Å². The van der Waals surface area contributed by atoms with Gasteiger partial charge in [-0.3, -0.25) is 4.79 Å². The molecular formula is C13H21N3O2. The molecule has 1 saturated heterocycles. The van der Waals surface area contributed by atoms with Crippen LogP contribution in [0.15, 0.2) is 10.6 Å². The Morgan fingerprint density at radius 3 is 3.22 bits per heavy atom. The van der Waals surface area contributed by atoms with Crippen LogP contribution in [0.1, 0.15) is 37.8 Å². The van der Waals surface area contributed by atoms with Crippen molar-refractivity contribution in [2.75, 3.05) is 13.1 Å². The lowest BCUT2D eigenvalue weighted by atomic mass is 9.96. The number of carbonyl (C=O) groups is 1. The molecule has 1 fully saturated rings. The van der Waals surface area contributed by atoms with Gasteiger partial charge < -0.3 is 15.1 Å². The topological polar surface area (TPSA) is 67.2 Å². The standard InChI is InChI=1S/C13H21N3O2/c1-2-11-8-16-13(18-11)9-15-12(17)6-10-4-3-5-14-7-10/h8,10,14H,2-7,9H2,1H3,(H,15,17). The van der Waals surface area contributed by atoms with Gasteiger partial charge in [-0.05, 0) is 31.8 Å². The molecule has 0 radical (unpaired) electrons. The Bertz CT molecular complexity index is 383. The van der Waals surface area contributed by atoms with Gasteiger partial charge in [-0.1, -0.05) is 6.92 Å². The minimum atomic E-state index is 0.0833. The van der Waals surface area contributed by atoms with Crippen molar-refractivity contribution < 1.29 is 9.21 Å². The number of aromatic nitrogens is 1. The van der Waals surface area contributed by atoms with Crippen LogP contribution in [-0.4, -0.2) is 24.0 Å². The number of amides is 1. The van der Waals surface area contributed by atoms with Crippen molar-refractivity contribution in [3.63, 3.8) is 0 Å². The summed E-state index contributed by atoms with van der Waals surface area (Å²) >= 11 is 0.